The summed E-state index contributed by atoms with van der Waals surface area (Å²) in [7, 11) is 0. The summed E-state index contributed by atoms with van der Waals surface area (Å²) in [5.41, 5.74) is 1.96. The summed E-state index contributed by atoms with van der Waals surface area (Å²) in [6, 6.07) is 7.05. The second-order valence-electron chi connectivity index (χ2n) is 3.31. The average molecular weight is 214 g/mol. The molecule has 4 heteroatoms. The zero-order chi connectivity index (χ0) is 11.5. The molecule has 0 atom stereocenters. The van der Waals surface area contributed by atoms with E-state index in [4.69, 9.17) is 0 Å². The molecule has 0 fully saturated rings. The third-order valence-electron chi connectivity index (χ3n) is 2.27. The lowest BCUT2D eigenvalue weighted by Crippen LogP contribution is -2.07. The van der Waals surface area contributed by atoms with Gasteiger partial charge in [-0.2, -0.15) is 0 Å². The summed E-state index contributed by atoms with van der Waals surface area (Å²) < 4.78 is 0. The van der Waals surface area contributed by atoms with Crippen molar-refractivity contribution < 1.29 is 9.90 Å². The van der Waals surface area contributed by atoms with E-state index in [1.807, 2.05) is 18.2 Å². The number of nitrogens with one attached hydrogen (secondary N) is 1. The van der Waals surface area contributed by atoms with Gasteiger partial charge in [-0.25, -0.2) is 0 Å². The number of hydrogen-bond donors (Lipinski definition) is 2. The number of rotatable bonds is 3. The van der Waals surface area contributed by atoms with Gasteiger partial charge in [-0.05, 0) is 12.1 Å². The highest BCUT2D eigenvalue weighted by molar-refractivity contribution is 5.93. The van der Waals surface area contributed by atoms with Crippen molar-refractivity contribution in [3.05, 3.63) is 42.6 Å². The second-order valence-corrected chi connectivity index (χ2v) is 3.31. The molecule has 1 aromatic heterocycles. The summed E-state index contributed by atoms with van der Waals surface area (Å²) in [5, 5.41) is 12.6. The van der Waals surface area contributed by atoms with Crippen molar-refractivity contribution in [3.63, 3.8) is 0 Å². The summed E-state index contributed by atoms with van der Waals surface area (Å²) >= 11 is 0. The number of carbonyl (C=O) groups excluding carboxylic acids is 1. The lowest BCUT2D eigenvalue weighted by molar-refractivity contribution is -0.108. The normalized spacial score (nSPS) is 10.0. The molecule has 1 amide bonds. The number of hydrogen-bond acceptors (Lipinski definition) is 3. The van der Waals surface area contributed by atoms with Crippen LogP contribution in [0.3, 0.4) is 0 Å². The fraction of sp³-hybridized carbons (Fsp3) is 0. The molecule has 2 rings (SSSR count). The molecule has 80 valence electrons. The maximum atomic E-state index is 10.4. The summed E-state index contributed by atoms with van der Waals surface area (Å²) in [6.07, 6.45) is 1.94. The molecule has 0 saturated heterocycles. The first-order chi connectivity index (χ1) is 7.72. The first-order valence-electron chi connectivity index (χ1n) is 4.69. The van der Waals surface area contributed by atoms with E-state index in [1.165, 1.54) is 6.20 Å². The van der Waals surface area contributed by atoms with Crippen molar-refractivity contribution in [1.29, 1.82) is 0 Å². The highest BCUT2D eigenvalue weighted by Crippen LogP contribution is 2.24. The first kappa shape index (κ1) is 10.2. The van der Waals surface area contributed by atoms with Gasteiger partial charge in [0.05, 0.1) is 11.7 Å². The van der Waals surface area contributed by atoms with Crippen LogP contribution >= 0.6 is 0 Å². The van der Waals surface area contributed by atoms with Gasteiger partial charge in [-0.15, -0.1) is 0 Å². The minimum absolute atomic E-state index is 0.0823. The highest BCUT2D eigenvalue weighted by atomic mass is 16.3. The van der Waals surface area contributed by atoms with Crippen LogP contribution in [0.25, 0.3) is 16.6 Å². The average Bonchev–Trinajstić information content (AvgIpc) is 2.28. The van der Waals surface area contributed by atoms with Crippen LogP contribution in [0.2, 0.25) is 0 Å². The van der Waals surface area contributed by atoms with Gasteiger partial charge in [0.2, 0.25) is 6.41 Å². The predicted molar refractivity (Wildman–Crippen MR) is 61.6 cm³/mol. The van der Waals surface area contributed by atoms with Crippen LogP contribution in [0.4, 0.5) is 0 Å². The smallest absolute Gasteiger partial charge is 0.211 e. The third-order valence-corrected chi connectivity index (χ3v) is 2.27. The van der Waals surface area contributed by atoms with E-state index in [0.29, 0.717) is 12.1 Å². The number of aromatic nitrogens is 1. The predicted octanol–water partition coefficient (Wildman–Crippen LogP) is 1.66. The van der Waals surface area contributed by atoms with E-state index in [0.717, 1.165) is 16.5 Å². The van der Waals surface area contributed by atoms with Gasteiger partial charge in [0.1, 0.15) is 5.75 Å². The van der Waals surface area contributed by atoms with Crippen molar-refractivity contribution in [3.8, 4) is 5.75 Å². The molecule has 0 aliphatic rings. The topological polar surface area (TPSA) is 62.2 Å². The Balaban J connectivity index is 2.64. The largest absolute Gasteiger partial charge is 0.506 e. The Bertz CT molecular complexity index is 564. The molecule has 4 nitrogen and oxygen atoms in total. The maximum absolute atomic E-state index is 10.4. The molecule has 2 N–H and O–H groups in total. The zero-order valence-corrected chi connectivity index (χ0v) is 8.47. The first-order valence-corrected chi connectivity index (χ1v) is 4.69. The van der Waals surface area contributed by atoms with Gasteiger partial charge >= 0.3 is 0 Å². The van der Waals surface area contributed by atoms with Crippen LogP contribution in [0.15, 0.2) is 37.0 Å². The molecular weight excluding hydrogens is 204 g/mol. The molecule has 0 saturated carbocycles. The Morgan fingerprint density at radius 3 is 3.06 bits per heavy atom. The Morgan fingerprint density at radius 1 is 1.50 bits per heavy atom. The number of aromatic hydroxyl groups is 1. The molecule has 2 aromatic rings. The number of pyridine rings is 1. The van der Waals surface area contributed by atoms with Gasteiger partial charge in [-0.3, -0.25) is 9.78 Å². The molecule has 0 bridgehead atoms. The highest BCUT2D eigenvalue weighted by Gasteiger charge is 2.05. The molecule has 16 heavy (non-hydrogen) atoms. The van der Waals surface area contributed by atoms with E-state index in [2.05, 4.69) is 16.9 Å². The van der Waals surface area contributed by atoms with E-state index in [-0.39, 0.29) is 5.75 Å². The number of nitrogens with zero attached hydrogens (tertiary/aromatic N) is 1. The van der Waals surface area contributed by atoms with Gasteiger partial charge in [0.15, 0.2) is 0 Å². The monoisotopic (exact) mass is 214 g/mol. The Morgan fingerprint density at radius 2 is 2.31 bits per heavy atom. The van der Waals surface area contributed by atoms with Gasteiger partial charge < -0.3 is 10.4 Å². The summed E-state index contributed by atoms with van der Waals surface area (Å²) in [5.74, 6) is 0.0823. The number of fused-ring (bicyclic) bond motifs is 1. The fourth-order valence-electron chi connectivity index (χ4n) is 1.55. The quantitative estimate of drug-likeness (QED) is 0.764. The van der Waals surface area contributed by atoms with E-state index in [9.17, 15) is 9.90 Å². The minimum Gasteiger partial charge on any atom is -0.506 e. The molecule has 0 aliphatic carbocycles. The van der Waals surface area contributed by atoms with Crippen molar-refractivity contribution in [2.45, 2.75) is 0 Å². The van der Waals surface area contributed by atoms with Crippen LogP contribution < -0.4 is 5.32 Å². The van der Waals surface area contributed by atoms with Gasteiger partial charge in [0, 0.05) is 16.6 Å². The van der Waals surface area contributed by atoms with Crippen molar-refractivity contribution in [2.24, 2.45) is 0 Å². The standard InChI is InChI=1S/C12H10N2O2/c1-8(14-7-15)10-3-2-4-12-11(10)5-9(16)6-13-12/h2-7,16H,1H2,(H,14,15). The van der Waals surface area contributed by atoms with Crippen LogP contribution in [-0.4, -0.2) is 16.5 Å². The molecule has 0 spiro atoms. The molecule has 1 heterocycles. The summed E-state index contributed by atoms with van der Waals surface area (Å²) in [6.45, 7) is 3.74. The van der Waals surface area contributed by atoms with Crippen molar-refractivity contribution in [2.75, 3.05) is 0 Å². The van der Waals surface area contributed by atoms with Crippen LogP contribution in [-0.2, 0) is 4.79 Å². The lowest BCUT2D eigenvalue weighted by Gasteiger charge is -2.07. The molecule has 1 aromatic carbocycles. The molecular formula is C12H10N2O2. The summed E-state index contributed by atoms with van der Waals surface area (Å²) in [4.78, 5) is 14.4. The molecule has 0 unspecified atom stereocenters. The van der Waals surface area contributed by atoms with Crippen molar-refractivity contribution in [1.82, 2.24) is 10.3 Å². The lowest BCUT2D eigenvalue weighted by atomic mass is 10.1. The zero-order valence-electron chi connectivity index (χ0n) is 8.47. The third kappa shape index (κ3) is 1.72. The minimum atomic E-state index is 0.0823. The van der Waals surface area contributed by atoms with Gasteiger partial charge in [-0.1, -0.05) is 18.7 Å². The van der Waals surface area contributed by atoms with E-state index >= 15 is 0 Å². The Labute approximate surface area is 92.2 Å². The Kier molecular flexibility index (Phi) is 2.55. The SMILES string of the molecule is C=C(NC=O)c1cccc2ncc(O)cc12. The van der Waals surface area contributed by atoms with E-state index in [1.54, 1.807) is 6.07 Å². The van der Waals surface area contributed by atoms with Crippen LogP contribution in [0.5, 0.6) is 5.75 Å². The fourth-order valence-corrected chi connectivity index (χ4v) is 1.55. The van der Waals surface area contributed by atoms with E-state index < -0.39 is 0 Å². The Hall–Kier alpha value is -2.36. The molecule has 0 aliphatic heterocycles. The van der Waals surface area contributed by atoms with Crippen LogP contribution in [0.1, 0.15) is 5.56 Å². The van der Waals surface area contributed by atoms with Gasteiger partial charge in [0.25, 0.3) is 0 Å². The second kappa shape index (κ2) is 4.02. The molecule has 0 radical (unpaired) electrons. The number of carbonyl (C=O) groups is 1. The van der Waals surface area contributed by atoms with Crippen LogP contribution in [0, 0.1) is 0 Å². The number of amides is 1. The number of benzene rings is 1. The van der Waals surface area contributed by atoms with Crippen molar-refractivity contribution >= 4 is 23.0 Å². The maximum Gasteiger partial charge on any atom is 0.211 e.